The minimum atomic E-state index is 0.0210. The monoisotopic (exact) mass is 397 g/mol. The minimum absolute atomic E-state index is 0.0210. The SMILES string of the molecule is CCCN(CCC)c1cncc(C(=O)N2CCc3cc(OC)c(OC)cc3C2)c1. The molecule has 2 aromatic rings. The van der Waals surface area contributed by atoms with Gasteiger partial charge in [-0.15, -0.1) is 0 Å². The van der Waals surface area contributed by atoms with E-state index in [-0.39, 0.29) is 5.91 Å². The number of methoxy groups -OCH3 is 2. The van der Waals surface area contributed by atoms with Crippen LogP contribution in [-0.4, -0.2) is 49.6 Å². The summed E-state index contributed by atoms with van der Waals surface area (Å²) in [4.78, 5) is 21.7. The van der Waals surface area contributed by atoms with Crippen LogP contribution in [0.25, 0.3) is 0 Å². The topological polar surface area (TPSA) is 54.9 Å². The molecule has 2 heterocycles. The van der Waals surface area contributed by atoms with E-state index in [2.05, 4.69) is 23.7 Å². The van der Waals surface area contributed by atoms with E-state index in [0.29, 0.717) is 24.4 Å². The lowest BCUT2D eigenvalue weighted by Crippen LogP contribution is -2.36. The highest BCUT2D eigenvalue weighted by molar-refractivity contribution is 5.95. The first kappa shape index (κ1) is 21.0. The smallest absolute Gasteiger partial charge is 0.255 e. The molecular formula is C23H31N3O3. The van der Waals surface area contributed by atoms with Gasteiger partial charge in [0.2, 0.25) is 0 Å². The van der Waals surface area contributed by atoms with E-state index in [1.807, 2.05) is 29.3 Å². The van der Waals surface area contributed by atoms with Crippen molar-refractivity contribution < 1.29 is 14.3 Å². The minimum Gasteiger partial charge on any atom is -0.493 e. The summed E-state index contributed by atoms with van der Waals surface area (Å²) in [6.45, 7) is 7.50. The number of rotatable bonds is 8. The van der Waals surface area contributed by atoms with E-state index in [4.69, 9.17) is 9.47 Å². The number of benzene rings is 1. The number of ether oxygens (including phenoxy) is 2. The zero-order valence-corrected chi connectivity index (χ0v) is 17.9. The molecule has 1 aliphatic rings. The molecule has 156 valence electrons. The van der Waals surface area contributed by atoms with Gasteiger partial charge in [-0.25, -0.2) is 0 Å². The van der Waals surface area contributed by atoms with Crippen LogP contribution in [0.15, 0.2) is 30.6 Å². The number of hydrogen-bond donors (Lipinski definition) is 0. The lowest BCUT2D eigenvalue weighted by molar-refractivity contribution is 0.0734. The zero-order valence-electron chi connectivity index (χ0n) is 17.9. The first-order valence-corrected chi connectivity index (χ1v) is 10.3. The number of pyridine rings is 1. The second-order valence-corrected chi connectivity index (χ2v) is 7.37. The quantitative estimate of drug-likeness (QED) is 0.676. The molecule has 0 N–H and O–H groups in total. The van der Waals surface area contributed by atoms with Gasteiger partial charge in [-0.1, -0.05) is 13.8 Å². The predicted octanol–water partition coefficient (Wildman–Crippen LogP) is 3.92. The van der Waals surface area contributed by atoms with Crippen molar-refractivity contribution in [2.24, 2.45) is 0 Å². The van der Waals surface area contributed by atoms with Crippen LogP contribution in [0.1, 0.15) is 48.2 Å². The van der Waals surface area contributed by atoms with Gasteiger partial charge in [-0.3, -0.25) is 9.78 Å². The van der Waals surface area contributed by atoms with E-state index in [1.54, 1.807) is 20.4 Å². The Kier molecular flexibility index (Phi) is 6.96. The molecule has 0 spiro atoms. The molecule has 1 aromatic carbocycles. The number of carbonyl (C=O) groups is 1. The molecule has 1 aromatic heterocycles. The van der Waals surface area contributed by atoms with E-state index in [9.17, 15) is 4.79 Å². The highest BCUT2D eigenvalue weighted by atomic mass is 16.5. The summed E-state index contributed by atoms with van der Waals surface area (Å²) < 4.78 is 10.8. The third-order valence-electron chi connectivity index (χ3n) is 5.33. The number of fused-ring (bicyclic) bond motifs is 1. The van der Waals surface area contributed by atoms with Gasteiger partial charge in [-0.2, -0.15) is 0 Å². The van der Waals surface area contributed by atoms with Gasteiger partial charge < -0.3 is 19.3 Å². The van der Waals surface area contributed by atoms with Gasteiger partial charge in [0, 0.05) is 32.4 Å². The number of hydrogen-bond acceptors (Lipinski definition) is 5. The van der Waals surface area contributed by atoms with Gasteiger partial charge in [0.05, 0.1) is 31.7 Å². The molecule has 0 atom stereocenters. The van der Waals surface area contributed by atoms with Crippen molar-refractivity contribution in [2.45, 2.75) is 39.7 Å². The maximum absolute atomic E-state index is 13.2. The lowest BCUT2D eigenvalue weighted by atomic mass is 9.98. The van der Waals surface area contributed by atoms with Crippen molar-refractivity contribution in [3.8, 4) is 11.5 Å². The Bertz CT molecular complexity index is 847. The Hall–Kier alpha value is -2.76. The van der Waals surface area contributed by atoms with Crippen LogP contribution < -0.4 is 14.4 Å². The summed E-state index contributed by atoms with van der Waals surface area (Å²) >= 11 is 0. The van der Waals surface area contributed by atoms with Crippen molar-refractivity contribution in [1.82, 2.24) is 9.88 Å². The van der Waals surface area contributed by atoms with E-state index < -0.39 is 0 Å². The van der Waals surface area contributed by atoms with Crippen LogP contribution >= 0.6 is 0 Å². The molecular weight excluding hydrogens is 366 g/mol. The summed E-state index contributed by atoms with van der Waals surface area (Å²) in [5, 5.41) is 0. The average molecular weight is 398 g/mol. The van der Waals surface area contributed by atoms with Gasteiger partial charge in [0.15, 0.2) is 11.5 Å². The number of amides is 1. The lowest BCUT2D eigenvalue weighted by Gasteiger charge is -2.30. The molecule has 1 amide bonds. The zero-order chi connectivity index (χ0) is 20.8. The molecule has 1 aliphatic heterocycles. The number of carbonyl (C=O) groups excluding carboxylic acids is 1. The van der Waals surface area contributed by atoms with E-state index >= 15 is 0 Å². The van der Waals surface area contributed by atoms with Gasteiger partial charge >= 0.3 is 0 Å². The first-order valence-electron chi connectivity index (χ1n) is 10.3. The second kappa shape index (κ2) is 9.63. The third kappa shape index (κ3) is 4.63. The molecule has 0 aliphatic carbocycles. The fraction of sp³-hybridized carbons (Fsp3) is 0.478. The molecule has 0 bridgehead atoms. The van der Waals surface area contributed by atoms with Crippen LogP contribution in [0.4, 0.5) is 5.69 Å². The van der Waals surface area contributed by atoms with Crippen molar-refractivity contribution in [1.29, 1.82) is 0 Å². The number of anilines is 1. The molecule has 0 saturated carbocycles. The summed E-state index contributed by atoms with van der Waals surface area (Å²) in [7, 11) is 3.27. The van der Waals surface area contributed by atoms with Crippen molar-refractivity contribution in [3.05, 3.63) is 47.3 Å². The largest absolute Gasteiger partial charge is 0.493 e. The summed E-state index contributed by atoms with van der Waals surface area (Å²) in [6, 6.07) is 5.98. The Morgan fingerprint density at radius 3 is 2.31 bits per heavy atom. The summed E-state index contributed by atoms with van der Waals surface area (Å²) in [6.07, 6.45) is 6.45. The standard InChI is InChI=1S/C23H31N3O3/c1-5-8-25(9-6-2)20-11-18(14-24-15-20)23(27)26-10-7-17-12-21(28-3)22(29-4)13-19(17)16-26/h11-15H,5-10,16H2,1-4H3. The third-order valence-corrected chi connectivity index (χ3v) is 5.33. The molecule has 0 radical (unpaired) electrons. The highest BCUT2D eigenvalue weighted by Crippen LogP contribution is 2.33. The molecule has 0 saturated heterocycles. The van der Waals surface area contributed by atoms with Crippen LogP contribution in [0, 0.1) is 0 Å². The highest BCUT2D eigenvalue weighted by Gasteiger charge is 2.24. The second-order valence-electron chi connectivity index (χ2n) is 7.37. The molecule has 6 nitrogen and oxygen atoms in total. The normalized spacial score (nSPS) is 13.0. The molecule has 0 fully saturated rings. The van der Waals surface area contributed by atoms with Crippen LogP contribution in [-0.2, 0) is 13.0 Å². The molecule has 3 rings (SSSR count). The van der Waals surface area contributed by atoms with Crippen molar-refractivity contribution in [2.75, 3.05) is 38.8 Å². The average Bonchev–Trinajstić information content (AvgIpc) is 2.77. The number of nitrogens with zero attached hydrogens (tertiary/aromatic N) is 3. The fourth-order valence-corrected chi connectivity index (χ4v) is 3.87. The van der Waals surface area contributed by atoms with Crippen molar-refractivity contribution >= 4 is 11.6 Å². The Balaban J connectivity index is 1.80. The van der Waals surface area contributed by atoms with Gasteiger partial charge in [-0.05, 0) is 48.6 Å². The van der Waals surface area contributed by atoms with Crippen LogP contribution in [0.5, 0.6) is 11.5 Å². The summed E-state index contributed by atoms with van der Waals surface area (Å²) in [5.74, 6) is 1.45. The Morgan fingerprint density at radius 2 is 1.69 bits per heavy atom. The first-order chi connectivity index (χ1) is 14.1. The van der Waals surface area contributed by atoms with E-state index in [1.165, 1.54) is 5.56 Å². The fourth-order valence-electron chi connectivity index (χ4n) is 3.87. The summed E-state index contributed by atoms with van der Waals surface area (Å²) in [5.41, 5.74) is 3.97. The van der Waals surface area contributed by atoms with Crippen molar-refractivity contribution in [3.63, 3.8) is 0 Å². The van der Waals surface area contributed by atoms with E-state index in [0.717, 1.165) is 49.4 Å². The van der Waals surface area contributed by atoms with Gasteiger partial charge in [0.25, 0.3) is 5.91 Å². The number of aromatic nitrogens is 1. The van der Waals surface area contributed by atoms with Gasteiger partial charge in [0.1, 0.15) is 0 Å². The maximum Gasteiger partial charge on any atom is 0.255 e. The Labute approximate surface area is 173 Å². The maximum atomic E-state index is 13.2. The molecule has 0 unspecified atom stereocenters. The van der Waals surface area contributed by atoms with Crippen LogP contribution in [0.3, 0.4) is 0 Å². The predicted molar refractivity (Wildman–Crippen MR) is 115 cm³/mol. The molecule has 29 heavy (non-hydrogen) atoms. The molecule has 6 heteroatoms. The van der Waals surface area contributed by atoms with Crippen LogP contribution in [0.2, 0.25) is 0 Å². The Morgan fingerprint density at radius 1 is 1.03 bits per heavy atom.